The fourth-order valence-electron chi connectivity index (χ4n) is 2.67. The summed E-state index contributed by atoms with van der Waals surface area (Å²) in [5.41, 5.74) is 1.99. The molecule has 0 fully saturated rings. The number of nitrogens with one attached hydrogen (secondary N) is 3. The van der Waals surface area contributed by atoms with Crippen molar-refractivity contribution in [3.8, 4) is 0 Å². The van der Waals surface area contributed by atoms with Crippen LogP contribution in [0.1, 0.15) is 31.7 Å². The predicted molar refractivity (Wildman–Crippen MR) is 83.1 cm³/mol. The molecule has 0 radical (unpaired) electrons. The topological polar surface area (TPSA) is 70.2 Å². The van der Waals surface area contributed by atoms with Gasteiger partial charge in [0.1, 0.15) is 6.04 Å². The van der Waals surface area contributed by atoms with Gasteiger partial charge in [0.25, 0.3) is 0 Å². The van der Waals surface area contributed by atoms with Crippen LogP contribution < -0.4 is 16.0 Å². The van der Waals surface area contributed by atoms with Crippen molar-refractivity contribution in [3.63, 3.8) is 0 Å². The van der Waals surface area contributed by atoms with Crippen molar-refractivity contribution in [2.24, 2.45) is 5.92 Å². The molecule has 5 heteroatoms. The maximum atomic E-state index is 12.5. The maximum Gasteiger partial charge on any atom is 0.242 e. The Labute approximate surface area is 125 Å². The zero-order valence-corrected chi connectivity index (χ0v) is 12.8. The van der Waals surface area contributed by atoms with Crippen LogP contribution in [-0.2, 0) is 9.59 Å². The smallest absolute Gasteiger partial charge is 0.242 e. The first kappa shape index (κ1) is 15.4. The number of likely N-dealkylation sites (N-methyl/N-ethyl adjacent to an activating group) is 1. The van der Waals surface area contributed by atoms with Gasteiger partial charge in [0.05, 0.1) is 5.92 Å². The molecule has 5 nitrogen and oxygen atoms in total. The molecule has 0 bridgehead atoms. The zero-order valence-electron chi connectivity index (χ0n) is 12.8. The molecule has 0 aromatic heterocycles. The molecule has 1 aliphatic rings. The summed E-state index contributed by atoms with van der Waals surface area (Å²) in [5, 5.41) is 8.73. The van der Waals surface area contributed by atoms with Crippen LogP contribution in [-0.4, -0.2) is 31.4 Å². The molecule has 1 aliphatic heterocycles. The van der Waals surface area contributed by atoms with Gasteiger partial charge in [0.2, 0.25) is 11.8 Å². The average molecular weight is 289 g/mol. The van der Waals surface area contributed by atoms with Gasteiger partial charge in [-0.15, -0.1) is 0 Å². The van der Waals surface area contributed by atoms with Gasteiger partial charge in [-0.25, -0.2) is 0 Å². The lowest BCUT2D eigenvalue weighted by atomic mass is 9.98. The molecule has 0 saturated heterocycles. The lowest BCUT2D eigenvalue weighted by Gasteiger charge is -2.21. The van der Waals surface area contributed by atoms with Crippen LogP contribution >= 0.6 is 0 Å². The average Bonchev–Trinajstić information content (AvgIpc) is 2.89. The lowest BCUT2D eigenvalue weighted by Crippen LogP contribution is -2.48. The number of fused-ring (bicyclic) bond motifs is 1. The fraction of sp³-hybridized carbons (Fsp3) is 0.500. The molecule has 1 aromatic rings. The molecule has 0 spiro atoms. The van der Waals surface area contributed by atoms with Gasteiger partial charge >= 0.3 is 0 Å². The first-order valence-corrected chi connectivity index (χ1v) is 7.37. The number of carbonyl (C=O) groups is 2. The largest absolute Gasteiger partial charge is 0.384 e. The standard InChI is InChI=1S/C16H23N3O2/c1-10(2)8-14(16(21)17-3)19-15(20)12-9-18-13-7-5-4-6-11(12)13/h4-7,10,12,14,18H,8-9H2,1-3H3,(H,17,21)(H,19,20). The Bertz CT molecular complexity index is 528. The van der Waals surface area contributed by atoms with Crippen molar-refractivity contribution in [3.05, 3.63) is 29.8 Å². The van der Waals surface area contributed by atoms with E-state index in [1.54, 1.807) is 7.05 Å². The molecule has 1 aromatic carbocycles. The van der Waals surface area contributed by atoms with E-state index in [4.69, 9.17) is 0 Å². The highest BCUT2D eigenvalue weighted by atomic mass is 16.2. The molecular weight excluding hydrogens is 266 g/mol. The fourth-order valence-corrected chi connectivity index (χ4v) is 2.67. The zero-order chi connectivity index (χ0) is 15.4. The Morgan fingerprint density at radius 2 is 2.05 bits per heavy atom. The van der Waals surface area contributed by atoms with E-state index in [2.05, 4.69) is 16.0 Å². The van der Waals surface area contributed by atoms with Gasteiger partial charge in [0, 0.05) is 19.3 Å². The van der Waals surface area contributed by atoms with Gasteiger partial charge < -0.3 is 16.0 Å². The third-order valence-corrected chi connectivity index (χ3v) is 3.74. The summed E-state index contributed by atoms with van der Waals surface area (Å²) < 4.78 is 0. The van der Waals surface area contributed by atoms with Crippen LogP contribution in [0.3, 0.4) is 0 Å². The Balaban J connectivity index is 2.08. The van der Waals surface area contributed by atoms with Gasteiger partial charge in [-0.1, -0.05) is 32.0 Å². The highest BCUT2D eigenvalue weighted by Crippen LogP contribution is 2.31. The van der Waals surface area contributed by atoms with Crippen molar-refractivity contribution in [1.82, 2.24) is 10.6 Å². The van der Waals surface area contributed by atoms with Crippen LogP contribution in [0.4, 0.5) is 5.69 Å². The molecule has 2 atom stereocenters. The predicted octanol–water partition coefficient (Wildman–Crippen LogP) is 1.47. The third kappa shape index (κ3) is 3.54. The van der Waals surface area contributed by atoms with E-state index < -0.39 is 6.04 Å². The van der Waals surface area contributed by atoms with Crippen molar-refractivity contribution < 1.29 is 9.59 Å². The summed E-state index contributed by atoms with van der Waals surface area (Å²) in [6.45, 7) is 4.65. The Hall–Kier alpha value is -2.04. The molecule has 2 rings (SSSR count). The minimum atomic E-state index is -0.477. The second-order valence-corrected chi connectivity index (χ2v) is 5.83. The van der Waals surface area contributed by atoms with Gasteiger partial charge in [0.15, 0.2) is 0 Å². The van der Waals surface area contributed by atoms with Crippen LogP contribution in [0, 0.1) is 5.92 Å². The van der Waals surface area contributed by atoms with Crippen LogP contribution in [0.2, 0.25) is 0 Å². The number of rotatable bonds is 5. The number of benzene rings is 1. The van der Waals surface area contributed by atoms with Crippen molar-refractivity contribution in [1.29, 1.82) is 0 Å². The second kappa shape index (κ2) is 6.61. The van der Waals surface area contributed by atoms with Crippen molar-refractivity contribution in [2.75, 3.05) is 18.9 Å². The van der Waals surface area contributed by atoms with Crippen molar-refractivity contribution in [2.45, 2.75) is 32.2 Å². The van der Waals surface area contributed by atoms with E-state index in [0.717, 1.165) is 11.3 Å². The number of carbonyl (C=O) groups excluding carboxylic acids is 2. The van der Waals surface area contributed by atoms with Crippen LogP contribution in [0.15, 0.2) is 24.3 Å². The monoisotopic (exact) mass is 289 g/mol. The molecule has 0 aliphatic carbocycles. The van der Waals surface area contributed by atoms with E-state index >= 15 is 0 Å². The molecular formula is C16H23N3O2. The van der Waals surface area contributed by atoms with Gasteiger partial charge in [-0.3, -0.25) is 9.59 Å². The van der Waals surface area contributed by atoms with Crippen LogP contribution in [0.5, 0.6) is 0 Å². The lowest BCUT2D eigenvalue weighted by molar-refractivity contribution is -0.129. The summed E-state index contributed by atoms with van der Waals surface area (Å²) in [7, 11) is 1.59. The van der Waals surface area contributed by atoms with E-state index in [1.165, 1.54) is 0 Å². The number of anilines is 1. The Morgan fingerprint density at radius 3 is 2.71 bits per heavy atom. The first-order chi connectivity index (χ1) is 10.0. The maximum absolute atomic E-state index is 12.5. The Kier molecular flexibility index (Phi) is 4.83. The van der Waals surface area contributed by atoms with E-state index in [9.17, 15) is 9.59 Å². The molecule has 1 heterocycles. The SMILES string of the molecule is CNC(=O)C(CC(C)C)NC(=O)C1CNc2ccccc21. The minimum Gasteiger partial charge on any atom is -0.384 e. The first-order valence-electron chi connectivity index (χ1n) is 7.37. The molecule has 0 saturated carbocycles. The number of hydrogen-bond acceptors (Lipinski definition) is 3. The number of hydrogen-bond donors (Lipinski definition) is 3. The Morgan fingerprint density at radius 1 is 1.33 bits per heavy atom. The van der Waals surface area contributed by atoms with E-state index in [1.807, 2.05) is 38.1 Å². The molecule has 21 heavy (non-hydrogen) atoms. The van der Waals surface area contributed by atoms with E-state index in [-0.39, 0.29) is 17.7 Å². The summed E-state index contributed by atoms with van der Waals surface area (Å²) in [4.78, 5) is 24.4. The summed E-state index contributed by atoms with van der Waals surface area (Å²) in [6.07, 6.45) is 0.632. The highest BCUT2D eigenvalue weighted by Gasteiger charge is 2.31. The summed E-state index contributed by atoms with van der Waals surface area (Å²) in [5.74, 6) is -0.139. The summed E-state index contributed by atoms with van der Waals surface area (Å²) in [6, 6.07) is 7.31. The van der Waals surface area contributed by atoms with E-state index in [0.29, 0.717) is 18.9 Å². The molecule has 3 N–H and O–H groups in total. The third-order valence-electron chi connectivity index (χ3n) is 3.74. The normalized spacial score (nSPS) is 17.8. The van der Waals surface area contributed by atoms with Crippen molar-refractivity contribution >= 4 is 17.5 Å². The molecule has 114 valence electrons. The second-order valence-electron chi connectivity index (χ2n) is 5.83. The quantitative estimate of drug-likeness (QED) is 0.769. The highest BCUT2D eigenvalue weighted by molar-refractivity contribution is 5.92. The van der Waals surface area contributed by atoms with Crippen LogP contribution in [0.25, 0.3) is 0 Å². The molecule has 2 amide bonds. The number of para-hydroxylation sites is 1. The van der Waals surface area contributed by atoms with Gasteiger partial charge in [-0.2, -0.15) is 0 Å². The number of amides is 2. The minimum absolute atomic E-state index is 0.0956. The van der Waals surface area contributed by atoms with Gasteiger partial charge in [-0.05, 0) is 24.0 Å². The summed E-state index contributed by atoms with van der Waals surface area (Å²) >= 11 is 0. The molecule has 2 unspecified atom stereocenters.